The molecule has 0 radical (unpaired) electrons. The third-order valence-electron chi connectivity index (χ3n) is 5.83. The van der Waals surface area contributed by atoms with E-state index in [1.807, 2.05) is 0 Å². The van der Waals surface area contributed by atoms with Crippen molar-refractivity contribution < 1.29 is 39.5 Å². The molecule has 3 aromatic rings. The molecule has 40 heavy (non-hydrogen) atoms. The fraction of sp³-hybridized carbons (Fsp3) is 0.286. The SMILES string of the molecule is O=C(O)CCc1ccc(OCC[C@@H](O)[C@H](O)CCOc2c(Cl)cc(Nc3ccccc3C(=O)O)cc2Cl)c(Cl)c1. The molecule has 2 atom stereocenters. The second kappa shape index (κ2) is 15.0. The van der Waals surface area contributed by atoms with Gasteiger partial charge in [-0.05, 0) is 48.4 Å². The van der Waals surface area contributed by atoms with E-state index in [4.69, 9.17) is 49.4 Å². The summed E-state index contributed by atoms with van der Waals surface area (Å²) in [7, 11) is 0. The Morgan fingerprint density at radius 2 is 1.45 bits per heavy atom. The summed E-state index contributed by atoms with van der Waals surface area (Å²) < 4.78 is 11.2. The van der Waals surface area contributed by atoms with Crippen molar-refractivity contribution in [3.8, 4) is 11.5 Å². The van der Waals surface area contributed by atoms with Gasteiger partial charge in [-0.15, -0.1) is 0 Å². The normalized spacial score (nSPS) is 12.4. The highest BCUT2D eigenvalue weighted by molar-refractivity contribution is 6.37. The summed E-state index contributed by atoms with van der Waals surface area (Å²) in [6, 6.07) is 14.5. The van der Waals surface area contributed by atoms with Gasteiger partial charge in [-0.3, -0.25) is 4.79 Å². The number of aliphatic hydroxyl groups is 2. The molecular formula is C28H28Cl3NO8. The lowest BCUT2D eigenvalue weighted by Crippen LogP contribution is -2.29. The Bertz CT molecular complexity index is 1310. The van der Waals surface area contributed by atoms with Crippen LogP contribution in [0.25, 0.3) is 0 Å². The number of rotatable bonds is 15. The molecule has 0 saturated carbocycles. The Balaban J connectivity index is 1.46. The van der Waals surface area contributed by atoms with Crippen molar-refractivity contribution in [3.05, 3.63) is 80.8 Å². The predicted octanol–water partition coefficient (Wildman–Crippen LogP) is 6.07. The maximum absolute atomic E-state index is 11.4. The van der Waals surface area contributed by atoms with Gasteiger partial charge in [-0.25, -0.2) is 4.79 Å². The number of halogens is 3. The minimum atomic E-state index is -1.11. The zero-order valence-electron chi connectivity index (χ0n) is 21.1. The number of hydrogen-bond donors (Lipinski definition) is 5. The standard InChI is InChI=1S/C28H28Cl3NO8/c29-19-13-16(6-8-26(35)36)5-7-25(19)39-11-9-23(33)24(34)10-12-40-27-20(30)14-17(15-21(27)31)32-22-4-2-1-3-18(22)28(37)38/h1-5,7,13-15,23-24,32-34H,6,8-12H2,(H,35,36)(H,37,38)/t23-,24-/m1/s1. The number of carboxylic acids is 2. The second-order valence-corrected chi connectivity index (χ2v) is 10.0. The Kier molecular flexibility index (Phi) is 11.7. The Hall–Kier alpha value is -3.21. The fourth-order valence-corrected chi connectivity index (χ4v) is 4.58. The molecule has 0 aliphatic carbocycles. The highest BCUT2D eigenvalue weighted by Gasteiger charge is 2.18. The number of ether oxygens (including phenoxy) is 2. The summed E-state index contributed by atoms with van der Waals surface area (Å²) in [6.07, 6.45) is -1.65. The molecule has 0 aromatic heterocycles. The molecule has 12 heteroatoms. The van der Waals surface area contributed by atoms with Gasteiger partial charge in [-0.1, -0.05) is 53.0 Å². The number of nitrogens with one attached hydrogen (secondary N) is 1. The number of carbonyl (C=O) groups is 2. The molecule has 0 spiro atoms. The molecule has 0 aliphatic heterocycles. The van der Waals surface area contributed by atoms with E-state index in [0.717, 1.165) is 5.56 Å². The zero-order chi connectivity index (χ0) is 29.2. The molecular weight excluding hydrogens is 585 g/mol. The van der Waals surface area contributed by atoms with Crippen LogP contribution in [0.4, 0.5) is 11.4 Å². The average molecular weight is 613 g/mol. The number of aryl methyl sites for hydroxylation is 1. The van der Waals surface area contributed by atoms with Crippen LogP contribution in [0.2, 0.25) is 15.1 Å². The number of aliphatic hydroxyl groups excluding tert-OH is 2. The van der Waals surface area contributed by atoms with E-state index in [0.29, 0.717) is 28.6 Å². The van der Waals surface area contributed by atoms with Crippen molar-refractivity contribution in [2.24, 2.45) is 0 Å². The van der Waals surface area contributed by atoms with E-state index < -0.39 is 24.1 Å². The summed E-state index contributed by atoms with van der Waals surface area (Å²) in [5.74, 6) is -1.40. The van der Waals surface area contributed by atoms with Crippen molar-refractivity contribution in [1.82, 2.24) is 0 Å². The van der Waals surface area contributed by atoms with Gasteiger partial charge in [0.05, 0.1) is 51.7 Å². The first-order chi connectivity index (χ1) is 19.0. The van der Waals surface area contributed by atoms with Crippen LogP contribution in [0, 0.1) is 0 Å². The predicted molar refractivity (Wildman–Crippen MR) is 153 cm³/mol. The van der Waals surface area contributed by atoms with Crippen LogP contribution in [0.5, 0.6) is 11.5 Å². The Labute approximate surface area is 245 Å². The summed E-state index contributed by atoms with van der Waals surface area (Å²) in [6.45, 7) is 0.0984. The van der Waals surface area contributed by atoms with Crippen molar-refractivity contribution >= 4 is 58.1 Å². The molecule has 0 unspecified atom stereocenters. The van der Waals surface area contributed by atoms with Gasteiger partial charge in [0.1, 0.15) is 5.75 Å². The number of carboxylic acid groups (broad SMARTS) is 2. The van der Waals surface area contributed by atoms with Crippen molar-refractivity contribution in [1.29, 1.82) is 0 Å². The highest BCUT2D eigenvalue weighted by Crippen LogP contribution is 2.37. The fourth-order valence-electron chi connectivity index (χ4n) is 3.73. The number of aromatic carboxylic acids is 1. The van der Waals surface area contributed by atoms with Crippen LogP contribution < -0.4 is 14.8 Å². The second-order valence-electron chi connectivity index (χ2n) is 8.81. The Morgan fingerprint density at radius 3 is 2.05 bits per heavy atom. The van der Waals surface area contributed by atoms with E-state index in [2.05, 4.69) is 5.32 Å². The van der Waals surface area contributed by atoms with Crippen LogP contribution in [0.15, 0.2) is 54.6 Å². The van der Waals surface area contributed by atoms with Gasteiger partial charge >= 0.3 is 11.9 Å². The van der Waals surface area contributed by atoms with E-state index in [-0.39, 0.29) is 53.8 Å². The first-order valence-electron chi connectivity index (χ1n) is 12.3. The van der Waals surface area contributed by atoms with Crippen LogP contribution in [-0.4, -0.2) is 57.8 Å². The molecule has 0 bridgehead atoms. The minimum Gasteiger partial charge on any atom is -0.492 e. The van der Waals surface area contributed by atoms with E-state index in [9.17, 15) is 24.9 Å². The van der Waals surface area contributed by atoms with Crippen molar-refractivity contribution in [3.63, 3.8) is 0 Å². The van der Waals surface area contributed by atoms with Gasteiger partial charge in [0.15, 0.2) is 5.75 Å². The maximum atomic E-state index is 11.4. The maximum Gasteiger partial charge on any atom is 0.337 e. The summed E-state index contributed by atoms with van der Waals surface area (Å²) >= 11 is 18.9. The molecule has 0 saturated heterocycles. The lowest BCUT2D eigenvalue weighted by atomic mass is 10.1. The third kappa shape index (κ3) is 9.18. The van der Waals surface area contributed by atoms with E-state index in [1.54, 1.807) is 36.4 Å². The monoisotopic (exact) mass is 611 g/mol. The van der Waals surface area contributed by atoms with Gasteiger partial charge in [0, 0.05) is 24.9 Å². The largest absolute Gasteiger partial charge is 0.492 e. The number of aliphatic carboxylic acids is 1. The van der Waals surface area contributed by atoms with Gasteiger partial charge in [0.2, 0.25) is 0 Å². The quantitative estimate of drug-likeness (QED) is 0.138. The topological polar surface area (TPSA) is 146 Å². The number of hydrogen-bond acceptors (Lipinski definition) is 7. The average Bonchev–Trinajstić information content (AvgIpc) is 2.90. The molecule has 3 aromatic carbocycles. The highest BCUT2D eigenvalue weighted by atomic mass is 35.5. The smallest absolute Gasteiger partial charge is 0.337 e. The van der Waals surface area contributed by atoms with Gasteiger partial charge in [-0.2, -0.15) is 0 Å². The number of anilines is 2. The van der Waals surface area contributed by atoms with E-state index in [1.165, 1.54) is 18.2 Å². The van der Waals surface area contributed by atoms with Gasteiger partial charge < -0.3 is 35.2 Å². The molecule has 0 heterocycles. The van der Waals surface area contributed by atoms with Crippen LogP contribution in [0.3, 0.4) is 0 Å². The van der Waals surface area contributed by atoms with Crippen LogP contribution >= 0.6 is 34.8 Å². The minimum absolute atomic E-state index is 0.00508. The van der Waals surface area contributed by atoms with Crippen molar-refractivity contribution in [2.75, 3.05) is 18.5 Å². The molecule has 9 nitrogen and oxygen atoms in total. The first-order valence-corrected chi connectivity index (χ1v) is 13.4. The molecule has 0 aliphatic rings. The molecule has 214 valence electrons. The lowest BCUT2D eigenvalue weighted by Gasteiger charge is -2.19. The summed E-state index contributed by atoms with van der Waals surface area (Å²) in [5.41, 5.74) is 1.68. The zero-order valence-corrected chi connectivity index (χ0v) is 23.4. The number of para-hydroxylation sites is 1. The summed E-state index contributed by atoms with van der Waals surface area (Å²) in [5, 5.41) is 42.4. The Morgan fingerprint density at radius 1 is 0.825 bits per heavy atom. The summed E-state index contributed by atoms with van der Waals surface area (Å²) in [4.78, 5) is 22.1. The number of benzene rings is 3. The van der Waals surface area contributed by atoms with Crippen LogP contribution in [-0.2, 0) is 11.2 Å². The van der Waals surface area contributed by atoms with E-state index >= 15 is 0 Å². The molecule has 0 fully saturated rings. The first kappa shape index (κ1) is 31.3. The molecule has 0 amide bonds. The van der Waals surface area contributed by atoms with Crippen LogP contribution in [0.1, 0.15) is 35.2 Å². The molecule has 3 rings (SSSR count). The third-order valence-corrected chi connectivity index (χ3v) is 6.69. The van der Waals surface area contributed by atoms with Gasteiger partial charge in [0.25, 0.3) is 0 Å². The lowest BCUT2D eigenvalue weighted by molar-refractivity contribution is -0.136. The molecule has 5 N–H and O–H groups in total. The van der Waals surface area contributed by atoms with Crippen molar-refractivity contribution in [2.45, 2.75) is 37.9 Å².